The molecule has 90 valence electrons. The van der Waals surface area contributed by atoms with Crippen molar-refractivity contribution in [3.05, 3.63) is 0 Å². The summed E-state index contributed by atoms with van der Waals surface area (Å²) in [5, 5.41) is 3.63. The zero-order valence-corrected chi connectivity index (χ0v) is 10.8. The summed E-state index contributed by atoms with van der Waals surface area (Å²) in [7, 11) is 0. The molecule has 0 aromatic heterocycles. The van der Waals surface area contributed by atoms with Crippen molar-refractivity contribution in [2.45, 2.75) is 65.0 Å². The van der Waals surface area contributed by atoms with Crippen molar-refractivity contribution in [1.29, 1.82) is 0 Å². The lowest BCUT2D eigenvalue weighted by Crippen LogP contribution is -2.39. The Kier molecular flexibility index (Phi) is 6.26. The molecule has 0 amide bonds. The zero-order valence-electron chi connectivity index (χ0n) is 10.8. The monoisotopic (exact) mass is 212 g/mol. The molecule has 1 rings (SSSR count). The highest BCUT2D eigenvalue weighted by molar-refractivity contribution is 4.74. The Balaban J connectivity index is 2.19. The van der Waals surface area contributed by atoms with Gasteiger partial charge in [-0.15, -0.1) is 0 Å². The lowest BCUT2D eigenvalue weighted by atomic mass is 10.0. The van der Waals surface area contributed by atoms with Gasteiger partial charge in [-0.05, 0) is 59.2 Å². The van der Waals surface area contributed by atoms with Gasteiger partial charge >= 0.3 is 0 Å². The smallest absolute Gasteiger partial charge is 0.00792 e. The summed E-state index contributed by atoms with van der Waals surface area (Å²) in [4.78, 5) is 2.61. The lowest BCUT2D eigenvalue weighted by Gasteiger charge is -2.30. The summed E-state index contributed by atoms with van der Waals surface area (Å²) >= 11 is 0. The van der Waals surface area contributed by atoms with Gasteiger partial charge in [-0.2, -0.15) is 0 Å². The molecule has 0 bridgehead atoms. The topological polar surface area (TPSA) is 15.3 Å². The quantitative estimate of drug-likeness (QED) is 0.728. The molecule has 1 aliphatic rings. The number of hydrogen-bond acceptors (Lipinski definition) is 2. The van der Waals surface area contributed by atoms with E-state index < -0.39 is 0 Å². The Morgan fingerprint density at radius 1 is 1.27 bits per heavy atom. The standard InChI is InChI=1S/C13H28N2/c1-4-10-15(12(2)3)11-8-13-7-5-6-9-14-13/h12-14H,4-11H2,1-3H3. The van der Waals surface area contributed by atoms with Crippen molar-refractivity contribution in [2.75, 3.05) is 19.6 Å². The largest absolute Gasteiger partial charge is 0.314 e. The lowest BCUT2D eigenvalue weighted by molar-refractivity contribution is 0.204. The average molecular weight is 212 g/mol. The minimum absolute atomic E-state index is 0.702. The molecule has 0 saturated carbocycles. The second kappa shape index (κ2) is 7.24. The van der Waals surface area contributed by atoms with Crippen LogP contribution in [-0.2, 0) is 0 Å². The Morgan fingerprint density at radius 2 is 2.07 bits per heavy atom. The second-order valence-electron chi connectivity index (χ2n) is 5.07. The predicted octanol–water partition coefficient (Wildman–Crippen LogP) is 2.64. The molecule has 1 aliphatic heterocycles. The van der Waals surface area contributed by atoms with Crippen LogP contribution in [0.3, 0.4) is 0 Å². The van der Waals surface area contributed by atoms with Crippen LogP contribution in [0.4, 0.5) is 0 Å². The summed E-state index contributed by atoms with van der Waals surface area (Å²) in [6, 6.07) is 1.49. The van der Waals surface area contributed by atoms with Crippen LogP contribution >= 0.6 is 0 Å². The fourth-order valence-corrected chi connectivity index (χ4v) is 2.41. The minimum atomic E-state index is 0.702. The molecule has 1 fully saturated rings. The van der Waals surface area contributed by atoms with Crippen LogP contribution in [0.15, 0.2) is 0 Å². The third kappa shape index (κ3) is 4.98. The van der Waals surface area contributed by atoms with Gasteiger partial charge in [-0.3, -0.25) is 0 Å². The predicted molar refractivity (Wildman–Crippen MR) is 67.3 cm³/mol. The van der Waals surface area contributed by atoms with Gasteiger partial charge in [0.1, 0.15) is 0 Å². The molecule has 1 saturated heterocycles. The van der Waals surface area contributed by atoms with Crippen LogP contribution in [0, 0.1) is 0 Å². The molecule has 15 heavy (non-hydrogen) atoms. The number of rotatable bonds is 6. The van der Waals surface area contributed by atoms with Gasteiger partial charge in [-0.1, -0.05) is 13.3 Å². The van der Waals surface area contributed by atoms with Crippen molar-refractivity contribution < 1.29 is 0 Å². The normalized spacial score (nSPS) is 22.6. The van der Waals surface area contributed by atoms with Crippen LogP contribution in [0.25, 0.3) is 0 Å². The number of nitrogens with zero attached hydrogens (tertiary/aromatic N) is 1. The first kappa shape index (κ1) is 13.0. The first-order valence-electron chi connectivity index (χ1n) is 6.71. The van der Waals surface area contributed by atoms with Crippen molar-refractivity contribution in [3.8, 4) is 0 Å². The Hall–Kier alpha value is -0.0800. The van der Waals surface area contributed by atoms with Crippen molar-refractivity contribution >= 4 is 0 Å². The molecule has 0 spiro atoms. The van der Waals surface area contributed by atoms with Crippen LogP contribution in [0.1, 0.15) is 52.9 Å². The van der Waals surface area contributed by atoms with Gasteiger partial charge in [0, 0.05) is 12.1 Å². The van der Waals surface area contributed by atoms with Gasteiger partial charge in [0.15, 0.2) is 0 Å². The SMILES string of the molecule is CCCN(CCC1CCCCN1)C(C)C. The third-order valence-electron chi connectivity index (χ3n) is 3.42. The van der Waals surface area contributed by atoms with E-state index in [1.807, 2.05) is 0 Å². The van der Waals surface area contributed by atoms with E-state index in [1.165, 1.54) is 51.7 Å². The molecule has 2 heteroatoms. The molecule has 0 radical (unpaired) electrons. The van der Waals surface area contributed by atoms with E-state index in [0.29, 0.717) is 6.04 Å². The number of piperidine rings is 1. The first-order chi connectivity index (χ1) is 7.24. The van der Waals surface area contributed by atoms with E-state index >= 15 is 0 Å². The number of hydrogen-bond donors (Lipinski definition) is 1. The fraction of sp³-hybridized carbons (Fsp3) is 1.00. The van der Waals surface area contributed by atoms with E-state index in [4.69, 9.17) is 0 Å². The highest BCUT2D eigenvalue weighted by Crippen LogP contribution is 2.11. The molecule has 0 aliphatic carbocycles. The van der Waals surface area contributed by atoms with Crippen LogP contribution < -0.4 is 5.32 Å². The molecular weight excluding hydrogens is 184 g/mol. The minimum Gasteiger partial charge on any atom is -0.314 e. The van der Waals surface area contributed by atoms with Gasteiger partial charge in [0.25, 0.3) is 0 Å². The van der Waals surface area contributed by atoms with Gasteiger partial charge < -0.3 is 10.2 Å². The molecule has 1 heterocycles. The van der Waals surface area contributed by atoms with Gasteiger partial charge in [0.2, 0.25) is 0 Å². The Labute approximate surface area is 95.4 Å². The van der Waals surface area contributed by atoms with E-state index in [0.717, 1.165) is 6.04 Å². The number of nitrogens with one attached hydrogen (secondary N) is 1. The molecule has 1 unspecified atom stereocenters. The summed E-state index contributed by atoms with van der Waals surface area (Å²) in [6.45, 7) is 10.6. The van der Waals surface area contributed by atoms with Crippen LogP contribution in [0.5, 0.6) is 0 Å². The molecule has 0 aromatic carbocycles. The van der Waals surface area contributed by atoms with E-state index in [-0.39, 0.29) is 0 Å². The van der Waals surface area contributed by atoms with Crippen molar-refractivity contribution in [1.82, 2.24) is 10.2 Å². The van der Waals surface area contributed by atoms with Crippen LogP contribution in [0.2, 0.25) is 0 Å². The maximum absolute atomic E-state index is 3.63. The van der Waals surface area contributed by atoms with E-state index in [2.05, 4.69) is 31.0 Å². The average Bonchev–Trinajstić information content (AvgIpc) is 2.25. The molecule has 1 atom stereocenters. The van der Waals surface area contributed by atoms with Gasteiger partial charge in [-0.25, -0.2) is 0 Å². The molecule has 0 aromatic rings. The molecular formula is C13H28N2. The third-order valence-corrected chi connectivity index (χ3v) is 3.42. The molecule has 1 N–H and O–H groups in total. The van der Waals surface area contributed by atoms with Gasteiger partial charge in [0.05, 0.1) is 0 Å². The van der Waals surface area contributed by atoms with Crippen molar-refractivity contribution in [3.63, 3.8) is 0 Å². The summed E-state index contributed by atoms with van der Waals surface area (Å²) in [5.74, 6) is 0. The second-order valence-corrected chi connectivity index (χ2v) is 5.07. The summed E-state index contributed by atoms with van der Waals surface area (Å²) in [5.41, 5.74) is 0. The maximum atomic E-state index is 3.63. The van der Waals surface area contributed by atoms with Crippen molar-refractivity contribution in [2.24, 2.45) is 0 Å². The maximum Gasteiger partial charge on any atom is 0.00792 e. The Bertz CT molecular complexity index is 151. The fourth-order valence-electron chi connectivity index (χ4n) is 2.41. The molecule has 2 nitrogen and oxygen atoms in total. The highest BCUT2D eigenvalue weighted by Gasteiger charge is 2.15. The summed E-state index contributed by atoms with van der Waals surface area (Å²) < 4.78 is 0. The van der Waals surface area contributed by atoms with E-state index in [9.17, 15) is 0 Å². The zero-order chi connectivity index (χ0) is 11.1. The summed E-state index contributed by atoms with van der Waals surface area (Å²) in [6.07, 6.45) is 6.79. The first-order valence-corrected chi connectivity index (χ1v) is 6.71. The van der Waals surface area contributed by atoms with E-state index in [1.54, 1.807) is 0 Å². The highest BCUT2D eigenvalue weighted by atomic mass is 15.1. The Morgan fingerprint density at radius 3 is 2.60 bits per heavy atom. The van der Waals surface area contributed by atoms with Crippen LogP contribution in [-0.4, -0.2) is 36.6 Å².